The molecule has 0 aromatic carbocycles. The third kappa shape index (κ3) is 3.94. The second-order valence-electron chi connectivity index (χ2n) is 5.66. The van der Waals surface area contributed by atoms with Crippen molar-refractivity contribution in [1.82, 2.24) is 10.2 Å². The summed E-state index contributed by atoms with van der Waals surface area (Å²) >= 11 is 0. The molecule has 2 aliphatic rings. The van der Waals surface area contributed by atoms with Gasteiger partial charge in [0.1, 0.15) is 0 Å². The van der Waals surface area contributed by atoms with Crippen molar-refractivity contribution in [3.05, 3.63) is 0 Å². The lowest BCUT2D eigenvalue weighted by Gasteiger charge is -2.38. The molecule has 0 bridgehead atoms. The highest BCUT2D eigenvalue weighted by Crippen LogP contribution is 2.21. The first-order valence-corrected chi connectivity index (χ1v) is 7.36. The molecular formula is C14H28N2O. The monoisotopic (exact) mass is 240 g/mol. The molecule has 3 nitrogen and oxygen atoms in total. The SMILES string of the molecule is CCN(CC1CCCNC1)C1CCOC(C)C1. The zero-order chi connectivity index (χ0) is 12.1. The molecule has 0 amide bonds. The first-order valence-electron chi connectivity index (χ1n) is 7.36. The molecular weight excluding hydrogens is 212 g/mol. The maximum Gasteiger partial charge on any atom is 0.0561 e. The van der Waals surface area contributed by atoms with Crippen LogP contribution in [0, 0.1) is 5.92 Å². The number of ether oxygens (including phenoxy) is 1. The van der Waals surface area contributed by atoms with E-state index in [2.05, 4.69) is 24.1 Å². The predicted molar refractivity (Wildman–Crippen MR) is 71.3 cm³/mol. The minimum atomic E-state index is 0.451. The van der Waals surface area contributed by atoms with Crippen molar-refractivity contribution >= 4 is 0 Å². The number of rotatable bonds is 4. The van der Waals surface area contributed by atoms with Crippen molar-refractivity contribution in [3.63, 3.8) is 0 Å². The van der Waals surface area contributed by atoms with Crippen LogP contribution in [0.1, 0.15) is 39.5 Å². The fourth-order valence-electron chi connectivity index (χ4n) is 3.25. The van der Waals surface area contributed by atoms with Crippen molar-refractivity contribution in [2.24, 2.45) is 5.92 Å². The standard InChI is InChI=1S/C14H28N2O/c1-3-16(11-13-5-4-7-15-10-13)14-6-8-17-12(2)9-14/h12-15H,3-11H2,1-2H3. The summed E-state index contributed by atoms with van der Waals surface area (Å²) in [5.74, 6) is 0.863. The van der Waals surface area contributed by atoms with E-state index in [1.165, 1.54) is 51.9 Å². The Morgan fingerprint density at radius 1 is 1.35 bits per heavy atom. The number of nitrogens with zero attached hydrogens (tertiary/aromatic N) is 1. The molecule has 3 unspecified atom stereocenters. The lowest BCUT2D eigenvalue weighted by molar-refractivity contribution is -0.0201. The molecule has 2 heterocycles. The molecule has 2 fully saturated rings. The first kappa shape index (κ1) is 13.3. The van der Waals surface area contributed by atoms with Gasteiger partial charge in [0.15, 0.2) is 0 Å². The summed E-state index contributed by atoms with van der Waals surface area (Å²) in [6.07, 6.45) is 5.65. The molecule has 0 aliphatic carbocycles. The second kappa shape index (κ2) is 6.72. The van der Waals surface area contributed by atoms with E-state index >= 15 is 0 Å². The zero-order valence-electron chi connectivity index (χ0n) is 11.5. The predicted octanol–water partition coefficient (Wildman–Crippen LogP) is 1.88. The molecule has 0 saturated carbocycles. The van der Waals surface area contributed by atoms with Gasteiger partial charge in [-0.3, -0.25) is 0 Å². The quantitative estimate of drug-likeness (QED) is 0.812. The number of piperidine rings is 1. The summed E-state index contributed by atoms with van der Waals surface area (Å²) in [6.45, 7) is 10.4. The van der Waals surface area contributed by atoms with Crippen LogP contribution in [0.2, 0.25) is 0 Å². The van der Waals surface area contributed by atoms with Crippen molar-refractivity contribution in [3.8, 4) is 0 Å². The minimum absolute atomic E-state index is 0.451. The lowest BCUT2D eigenvalue weighted by atomic mass is 9.96. The topological polar surface area (TPSA) is 24.5 Å². The van der Waals surface area contributed by atoms with Gasteiger partial charge < -0.3 is 15.0 Å². The molecule has 3 heteroatoms. The summed E-state index contributed by atoms with van der Waals surface area (Å²) in [4.78, 5) is 2.69. The van der Waals surface area contributed by atoms with Gasteiger partial charge in [-0.05, 0) is 58.2 Å². The summed E-state index contributed by atoms with van der Waals surface area (Å²) in [6, 6.07) is 0.755. The van der Waals surface area contributed by atoms with Crippen LogP contribution in [-0.2, 0) is 4.74 Å². The molecule has 100 valence electrons. The molecule has 0 spiro atoms. The molecule has 2 rings (SSSR count). The van der Waals surface area contributed by atoms with Crippen LogP contribution < -0.4 is 5.32 Å². The molecule has 1 N–H and O–H groups in total. The normalized spacial score (nSPS) is 35.1. The molecule has 0 aromatic rings. The Hall–Kier alpha value is -0.120. The van der Waals surface area contributed by atoms with Crippen LogP contribution in [0.25, 0.3) is 0 Å². The van der Waals surface area contributed by atoms with Gasteiger partial charge in [-0.25, -0.2) is 0 Å². The van der Waals surface area contributed by atoms with Crippen LogP contribution >= 0.6 is 0 Å². The average molecular weight is 240 g/mol. The average Bonchev–Trinajstić information content (AvgIpc) is 2.37. The fraction of sp³-hybridized carbons (Fsp3) is 1.00. The van der Waals surface area contributed by atoms with E-state index in [0.29, 0.717) is 6.10 Å². The largest absolute Gasteiger partial charge is 0.378 e. The Labute approximate surface area is 106 Å². The Morgan fingerprint density at radius 3 is 2.88 bits per heavy atom. The highest BCUT2D eigenvalue weighted by atomic mass is 16.5. The second-order valence-corrected chi connectivity index (χ2v) is 5.66. The van der Waals surface area contributed by atoms with Gasteiger partial charge in [0, 0.05) is 19.2 Å². The third-order valence-electron chi connectivity index (χ3n) is 4.27. The Kier molecular flexibility index (Phi) is 5.26. The van der Waals surface area contributed by atoms with Gasteiger partial charge in [0.2, 0.25) is 0 Å². The van der Waals surface area contributed by atoms with Crippen molar-refractivity contribution in [1.29, 1.82) is 0 Å². The Bertz CT molecular complexity index is 216. The van der Waals surface area contributed by atoms with Gasteiger partial charge in [-0.15, -0.1) is 0 Å². The van der Waals surface area contributed by atoms with Gasteiger partial charge in [0.25, 0.3) is 0 Å². The van der Waals surface area contributed by atoms with Crippen molar-refractivity contribution < 1.29 is 4.74 Å². The molecule has 0 aromatic heterocycles. The van der Waals surface area contributed by atoms with E-state index in [4.69, 9.17) is 4.74 Å². The summed E-state index contributed by atoms with van der Waals surface area (Å²) < 4.78 is 5.65. The number of nitrogens with one attached hydrogen (secondary N) is 1. The number of hydrogen-bond donors (Lipinski definition) is 1. The van der Waals surface area contributed by atoms with Gasteiger partial charge in [0.05, 0.1) is 6.10 Å². The summed E-state index contributed by atoms with van der Waals surface area (Å²) in [5, 5.41) is 3.52. The molecule has 2 aliphatic heterocycles. The highest BCUT2D eigenvalue weighted by molar-refractivity contribution is 4.80. The maximum absolute atomic E-state index is 5.65. The lowest BCUT2D eigenvalue weighted by Crippen LogP contribution is -2.46. The van der Waals surface area contributed by atoms with E-state index in [1.54, 1.807) is 0 Å². The summed E-state index contributed by atoms with van der Waals surface area (Å²) in [7, 11) is 0. The van der Waals surface area contributed by atoms with Gasteiger partial charge in [-0.1, -0.05) is 6.92 Å². The van der Waals surface area contributed by atoms with Gasteiger partial charge in [-0.2, -0.15) is 0 Å². The van der Waals surface area contributed by atoms with E-state index < -0.39 is 0 Å². The van der Waals surface area contributed by atoms with Crippen molar-refractivity contribution in [2.75, 3.05) is 32.8 Å². The maximum atomic E-state index is 5.65. The smallest absolute Gasteiger partial charge is 0.0561 e. The third-order valence-corrected chi connectivity index (χ3v) is 4.27. The first-order chi connectivity index (χ1) is 8.29. The van der Waals surface area contributed by atoms with Crippen LogP contribution in [0.3, 0.4) is 0 Å². The fourth-order valence-corrected chi connectivity index (χ4v) is 3.25. The Balaban J connectivity index is 1.82. The molecule has 17 heavy (non-hydrogen) atoms. The Morgan fingerprint density at radius 2 is 2.24 bits per heavy atom. The summed E-state index contributed by atoms with van der Waals surface area (Å²) in [5.41, 5.74) is 0. The number of hydrogen-bond acceptors (Lipinski definition) is 3. The van der Waals surface area contributed by atoms with E-state index in [9.17, 15) is 0 Å². The highest BCUT2D eigenvalue weighted by Gasteiger charge is 2.26. The van der Waals surface area contributed by atoms with Crippen LogP contribution in [-0.4, -0.2) is 49.8 Å². The molecule has 3 atom stereocenters. The van der Waals surface area contributed by atoms with Crippen LogP contribution in [0.15, 0.2) is 0 Å². The van der Waals surface area contributed by atoms with E-state index in [0.717, 1.165) is 18.6 Å². The van der Waals surface area contributed by atoms with E-state index in [1.807, 2.05) is 0 Å². The molecule has 2 saturated heterocycles. The van der Waals surface area contributed by atoms with Crippen LogP contribution in [0.5, 0.6) is 0 Å². The zero-order valence-corrected chi connectivity index (χ0v) is 11.5. The van der Waals surface area contributed by atoms with Crippen molar-refractivity contribution in [2.45, 2.75) is 51.7 Å². The van der Waals surface area contributed by atoms with Gasteiger partial charge >= 0.3 is 0 Å². The van der Waals surface area contributed by atoms with E-state index in [-0.39, 0.29) is 0 Å². The van der Waals surface area contributed by atoms with Crippen LogP contribution in [0.4, 0.5) is 0 Å². The minimum Gasteiger partial charge on any atom is -0.378 e. The molecule has 0 radical (unpaired) electrons.